The molecule has 1 atom stereocenters. The fraction of sp³-hybridized carbons (Fsp3) is 0.316. The van der Waals surface area contributed by atoms with Gasteiger partial charge in [-0.1, -0.05) is 35.9 Å². The molecule has 25 heavy (non-hydrogen) atoms. The van der Waals surface area contributed by atoms with Crippen molar-refractivity contribution >= 4 is 30.0 Å². The molecule has 0 fully saturated rings. The second kappa shape index (κ2) is 10.3. The van der Waals surface area contributed by atoms with Crippen molar-refractivity contribution in [2.75, 3.05) is 13.6 Å². The molecule has 0 unspecified atom stereocenters. The maximum atomic E-state index is 10.8. The van der Waals surface area contributed by atoms with Crippen molar-refractivity contribution < 1.29 is 14.6 Å². The van der Waals surface area contributed by atoms with Gasteiger partial charge in [0.25, 0.3) is 0 Å². The molecule has 0 spiro atoms. The number of nitrogens with zero attached hydrogens (tertiary/aromatic N) is 1. The van der Waals surface area contributed by atoms with Gasteiger partial charge in [0.2, 0.25) is 0 Å². The van der Waals surface area contributed by atoms with E-state index in [4.69, 9.17) is 21.4 Å². The molecule has 136 valence electrons. The summed E-state index contributed by atoms with van der Waals surface area (Å²) in [5, 5.41) is 9.55. The standard InChI is InChI=1S/C19H22ClNO3.ClH/c1-14(21(2)12-19(22)23)11-15-5-9-18(10-6-15)24-13-16-3-7-17(20)8-4-16;/h3-10,14H,11-13H2,1-2H3,(H,22,23);1H/t14-;/m1./s1. The third-order valence-corrected chi connectivity index (χ3v) is 4.16. The molecular formula is C19H23Cl2NO3. The molecule has 2 aromatic carbocycles. The summed E-state index contributed by atoms with van der Waals surface area (Å²) in [5.41, 5.74) is 2.21. The summed E-state index contributed by atoms with van der Waals surface area (Å²) in [4.78, 5) is 12.6. The number of aliphatic carboxylic acids is 1. The van der Waals surface area contributed by atoms with Crippen LogP contribution in [0, 0.1) is 0 Å². The topological polar surface area (TPSA) is 49.8 Å². The van der Waals surface area contributed by atoms with E-state index in [9.17, 15) is 4.79 Å². The third kappa shape index (κ3) is 7.34. The Balaban J connectivity index is 0.00000312. The summed E-state index contributed by atoms with van der Waals surface area (Å²) in [6, 6.07) is 15.6. The monoisotopic (exact) mass is 383 g/mol. The van der Waals surface area contributed by atoms with Gasteiger partial charge in [0.15, 0.2) is 0 Å². The van der Waals surface area contributed by atoms with Gasteiger partial charge in [-0.05, 0) is 55.8 Å². The molecule has 0 aliphatic rings. The number of ether oxygens (including phenoxy) is 1. The first kappa shape index (κ1) is 21.3. The third-order valence-electron chi connectivity index (χ3n) is 3.91. The minimum absolute atomic E-state index is 0. The number of hydrogen-bond acceptors (Lipinski definition) is 3. The first-order chi connectivity index (χ1) is 11.4. The van der Waals surface area contributed by atoms with Gasteiger partial charge in [0.05, 0.1) is 6.54 Å². The predicted octanol–water partition coefficient (Wildman–Crippen LogP) is 4.29. The first-order valence-electron chi connectivity index (χ1n) is 7.82. The number of hydrogen-bond donors (Lipinski definition) is 1. The maximum Gasteiger partial charge on any atom is 0.317 e. The lowest BCUT2D eigenvalue weighted by Crippen LogP contribution is -2.35. The lowest BCUT2D eigenvalue weighted by atomic mass is 10.1. The Morgan fingerprint density at radius 3 is 2.24 bits per heavy atom. The van der Waals surface area contributed by atoms with E-state index in [1.54, 1.807) is 0 Å². The normalized spacial score (nSPS) is 11.7. The van der Waals surface area contributed by atoms with Crippen LogP contribution in [0.3, 0.4) is 0 Å². The van der Waals surface area contributed by atoms with Crippen molar-refractivity contribution in [1.29, 1.82) is 0 Å². The van der Waals surface area contributed by atoms with E-state index in [2.05, 4.69) is 0 Å². The summed E-state index contributed by atoms with van der Waals surface area (Å²) in [6.07, 6.45) is 0.793. The van der Waals surface area contributed by atoms with E-state index in [0.717, 1.165) is 23.3 Å². The SMILES string of the molecule is C[C@H](Cc1ccc(OCc2ccc(Cl)cc2)cc1)N(C)CC(=O)O.Cl. The van der Waals surface area contributed by atoms with E-state index in [1.165, 1.54) is 0 Å². The smallest absolute Gasteiger partial charge is 0.317 e. The van der Waals surface area contributed by atoms with Crippen molar-refractivity contribution in [2.24, 2.45) is 0 Å². The van der Waals surface area contributed by atoms with Crippen LogP contribution in [0.1, 0.15) is 18.1 Å². The zero-order valence-electron chi connectivity index (χ0n) is 14.3. The second-order valence-corrected chi connectivity index (χ2v) is 6.36. The number of carbonyl (C=O) groups is 1. The van der Waals surface area contributed by atoms with E-state index in [1.807, 2.05) is 67.4 Å². The number of likely N-dealkylation sites (N-methyl/N-ethyl adjacent to an activating group) is 1. The number of carboxylic acid groups (broad SMARTS) is 1. The lowest BCUT2D eigenvalue weighted by Gasteiger charge is -2.22. The maximum absolute atomic E-state index is 10.8. The largest absolute Gasteiger partial charge is 0.489 e. The predicted molar refractivity (Wildman–Crippen MR) is 103 cm³/mol. The Hall–Kier alpha value is -1.75. The molecular weight excluding hydrogens is 361 g/mol. The molecule has 0 amide bonds. The zero-order chi connectivity index (χ0) is 17.5. The van der Waals surface area contributed by atoms with E-state index in [-0.39, 0.29) is 25.0 Å². The van der Waals surface area contributed by atoms with Crippen molar-refractivity contribution in [3.05, 3.63) is 64.7 Å². The van der Waals surface area contributed by atoms with Crippen LogP contribution < -0.4 is 4.74 Å². The molecule has 4 nitrogen and oxygen atoms in total. The zero-order valence-corrected chi connectivity index (χ0v) is 15.9. The van der Waals surface area contributed by atoms with Crippen molar-refractivity contribution in [1.82, 2.24) is 4.90 Å². The molecule has 0 aromatic heterocycles. The second-order valence-electron chi connectivity index (χ2n) is 5.92. The number of carboxylic acids is 1. The molecule has 0 bridgehead atoms. The highest BCUT2D eigenvalue weighted by molar-refractivity contribution is 6.30. The highest BCUT2D eigenvalue weighted by atomic mass is 35.5. The van der Waals surface area contributed by atoms with Crippen LogP contribution >= 0.6 is 24.0 Å². The van der Waals surface area contributed by atoms with Crippen molar-refractivity contribution in [3.63, 3.8) is 0 Å². The Morgan fingerprint density at radius 1 is 1.12 bits per heavy atom. The molecule has 1 N–H and O–H groups in total. The average molecular weight is 384 g/mol. The van der Waals surface area contributed by atoms with Gasteiger partial charge in [-0.3, -0.25) is 9.69 Å². The van der Waals surface area contributed by atoms with Gasteiger partial charge in [-0.2, -0.15) is 0 Å². The van der Waals surface area contributed by atoms with Crippen LogP contribution in [0.4, 0.5) is 0 Å². The lowest BCUT2D eigenvalue weighted by molar-refractivity contribution is -0.138. The fourth-order valence-electron chi connectivity index (χ4n) is 2.34. The average Bonchev–Trinajstić information content (AvgIpc) is 2.55. The summed E-state index contributed by atoms with van der Waals surface area (Å²) in [6.45, 7) is 2.56. The first-order valence-corrected chi connectivity index (χ1v) is 8.20. The number of benzene rings is 2. The molecule has 0 aliphatic carbocycles. The highest BCUT2D eigenvalue weighted by Crippen LogP contribution is 2.17. The fourth-order valence-corrected chi connectivity index (χ4v) is 2.46. The molecule has 0 radical (unpaired) electrons. The summed E-state index contributed by atoms with van der Waals surface area (Å²) in [5.74, 6) is -0.00413. The van der Waals surface area contributed by atoms with Crippen LogP contribution in [0.25, 0.3) is 0 Å². The van der Waals surface area contributed by atoms with Crippen LogP contribution in [-0.2, 0) is 17.8 Å². The molecule has 0 saturated carbocycles. The Bertz CT molecular complexity index is 659. The number of halogens is 2. The summed E-state index contributed by atoms with van der Waals surface area (Å²) >= 11 is 5.86. The molecule has 0 aliphatic heterocycles. The van der Waals surface area contributed by atoms with Crippen molar-refractivity contribution in [3.8, 4) is 5.75 Å². The van der Waals surface area contributed by atoms with Gasteiger partial charge < -0.3 is 9.84 Å². The molecule has 6 heteroatoms. The molecule has 2 rings (SSSR count). The molecule has 2 aromatic rings. The summed E-state index contributed by atoms with van der Waals surface area (Å²) in [7, 11) is 1.82. The van der Waals surface area contributed by atoms with Gasteiger partial charge in [-0.25, -0.2) is 0 Å². The minimum atomic E-state index is -0.810. The van der Waals surface area contributed by atoms with Crippen LogP contribution in [0.5, 0.6) is 5.75 Å². The van der Waals surface area contributed by atoms with Crippen molar-refractivity contribution in [2.45, 2.75) is 26.0 Å². The highest BCUT2D eigenvalue weighted by Gasteiger charge is 2.12. The van der Waals surface area contributed by atoms with E-state index >= 15 is 0 Å². The van der Waals surface area contributed by atoms with E-state index < -0.39 is 5.97 Å². The van der Waals surface area contributed by atoms with Crippen LogP contribution in [-0.4, -0.2) is 35.6 Å². The minimum Gasteiger partial charge on any atom is -0.489 e. The quantitative estimate of drug-likeness (QED) is 0.738. The Labute approximate surface area is 159 Å². The van der Waals surface area contributed by atoms with Gasteiger partial charge >= 0.3 is 5.97 Å². The number of rotatable bonds is 8. The van der Waals surface area contributed by atoms with E-state index in [0.29, 0.717) is 11.6 Å². The van der Waals surface area contributed by atoms with Gasteiger partial charge in [0, 0.05) is 11.1 Å². The molecule has 0 saturated heterocycles. The van der Waals surface area contributed by atoms with Gasteiger partial charge in [0.1, 0.15) is 12.4 Å². The Morgan fingerprint density at radius 2 is 1.68 bits per heavy atom. The Kier molecular flexibility index (Phi) is 8.76. The summed E-state index contributed by atoms with van der Waals surface area (Å²) < 4.78 is 5.76. The van der Waals surface area contributed by atoms with Gasteiger partial charge in [-0.15, -0.1) is 12.4 Å². The molecule has 0 heterocycles. The van der Waals surface area contributed by atoms with Crippen LogP contribution in [0.2, 0.25) is 5.02 Å². The van der Waals surface area contributed by atoms with Crippen LogP contribution in [0.15, 0.2) is 48.5 Å².